The number of aromatic nitrogens is 1. The number of fused-ring (bicyclic) bond motifs is 1. The second kappa shape index (κ2) is 10.2. The molecular weight excluding hydrogens is 477 g/mol. The van der Waals surface area contributed by atoms with Crippen molar-refractivity contribution < 1.29 is 37.6 Å². The van der Waals surface area contributed by atoms with Crippen molar-refractivity contribution >= 4 is 51.2 Å². The number of nitrogens with zero attached hydrogens (tertiary/aromatic N) is 2. The van der Waals surface area contributed by atoms with Crippen molar-refractivity contribution in [1.29, 1.82) is 0 Å². The summed E-state index contributed by atoms with van der Waals surface area (Å²) in [6.07, 6.45) is 1.08. The summed E-state index contributed by atoms with van der Waals surface area (Å²) in [4.78, 5) is 33.3. The van der Waals surface area contributed by atoms with Crippen LogP contribution in [0.3, 0.4) is 0 Å². The van der Waals surface area contributed by atoms with Gasteiger partial charge in [0.15, 0.2) is 10.8 Å². The van der Waals surface area contributed by atoms with Crippen LogP contribution in [0.5, 0.6) is 5.75 Å². The largest absolute Gasteiger partial charge is 0.547 e. The second-order valence-electron chi connectivity index (χ2n) is 6.90. The van der Waals surface area contributed by atoms with E-state index in [1.54, 1.807) is 6.07 Å². The third-order valence-electron chi connectivity index (χ3n) is 4.36. The number of rotatable bonds is 9. The number of anilines is 1. The first-order chi connectivity index (χ1) is 15.5. The van der Waals surface area contributed by atoms with E-state index in [9.17, 15) is 28.1 Å². The van der Waals surface area contributed by atoms with Crippen LogP contribution < -0.4 is 20.4 Å². The normalized spacial score (nSPS) is 16.0. The molecule has 0 saturated heterocycles. The summed E-state index contributed by atoms with van der Waals surface area (Å²) in [5.74, 6) is -2.87. The molecule has 3 rings (SSSR count). The Hall–Kier alpha value is -3.21. The highest BCUT2D eigenvalue weighted by Gasteiger charge is 2.38. The first-order valence-corrected chi connectivity index (χ1v) is 12.2. The molecule has 176 valence electrons. The van der Waals surface area contributed by atoms with Crippen LogP contribution in [0.4, 0.5) is 5.13 Å². The van der Waals surface area contributed by atoms with Crippen LogP contribution in [-0.2, 0) is 26.1 Å². The average Bonchev–Trinajstić information content (AvgIpc) is 3.15. The highest BCUT2D eigenvalue weighted by Crippen LogP contribution is 2.30. The lowest BCUT2D eigenvalue weighted by Gasteiger charge is -2.28. The number of benzene rings is 1. The Morgan fingerprint density at radius 2 is 2.21 bits per heavy atom. The number of oxime groups is 1. The summed E-state index contributed by atoms with van der Waals surface area (Å²) < 4.78 is 29.8. The van der Waals surface area contributed by atoms with Gasteiger partial charge in [0.25, 0.3) is 5.91 Å². The van der Waals surface area contributed by atoms with Crippen LogP contribution in [0.1, 0.15) is 21.6 Å². The molecule has 6 N–H and O–H groups in total. The van der Waals surface area contributed by atoms with Crippen LogP contribution in [0, 0.1) is 0 Å². The quantitative estimate of drug-likeness (QED) is 0.122. The molecule has 1 aliphatic rings. The van der Waals surface area contributed by atoms with Gasteiger partial charge in [-0.25, -0.2) is 22.9 Å². The number of para-hydroxylation sites is 1. The topological polar surface area (TPSA) is 203 Å². The van der Waals surface area contributed by atoms with Crippen LogP contribution in [0.15, 0.2) is 28.7 Å². The SMILES string of the molecule is CS(=O)(=O)NCCO/N=C(\C(=O)N[C@H]1Cc2cccc(C(=O)O)c2OB1O)c1csc(N)n1. The van der Waals surface area contributed by atoms with Gasteiger partial charge in [0, 0.05) is 11.9 Å². The number of amides is 1. The molecule has 0 unspecified atom stereocenters. The van der Waals surface area contributed by atoms with Crippen molar-refractivity contribution in [2.75, 3.05) is 25.1 Å². The Bertz CT molecular complexity index is 1190. The summed E-state index contributed by atoms with van der Waals surface area (Å²) in [5, 5.41) is 27.6. The van der Waals surface area contributed by atoms with Gasteiger partial charge < -0.3 is 30.7 Å². The van der Waals surface area contributed by atoms with E-state index in [0.717, 1.165) is 17.6 Å². The van der Waals surface area contributed by atoms with E-state index < -0.39 is 35.0 Å². The number of nitrogens with two attached hydrogens (primary N) is 1. The van der Waals surface area contributed by atoms with Gasteiger partial charge in [-0.05, 0) is 18.1 Å². The van der Waals surface area contributed by atoms with Gasteiger partial charge >= 0.3 is 13.1 Å². The minimum absolute atomic E-state index is 0.0332. The fourth-order valence-corrected chi connectivity index (χ4v) is 3.94. The van der Waals surface area contributed by atoms with Crippen molar-refractivity contribution in [3.8, 4) is 5.75 Å². The summed E-state index contributed by atoms with van der Waals surface area (Å²) >= 11 is 1.07. The van der Waals surface area contributed by atoms with E-state index in [2.05, 4.69) is 20.2 Å². The highest BCUT2D eigenvalue weighted by molar-refractivity contribution is 7.88. The highest BCUT2D eigenvalue weighted by atomic mass is 32.2. The van der Waals surface area contributed by atoms with Crippen LogP contribution in [0.25, 0.3) is 0 Å². The maximum absolute atomic E-state index is 12.9. The van der Waals surface area contributed by atoms with E-state index >= 15 is 0 Å². The Morgan fingerprint density at radius 3 is 2.85 bits per heavy atom. The third kappa shape index (κ3) is 6.41. The number of aromatic carboxylic acids is 1. The number of carbonyl (C=O) groups is 2. The van der Waals surface area contributed by atoms with E-state index in [4.69, 9.17) is 15.2 Å². The lowest BCUT2D eigenvalue weighted by atomic mass is 9.72. The van der Waals surface area contributed by atoms with Crippen LogP contribution in [0.2, 0.25) is 0 Å². The third-order valence-corrected chi connectivity index (χ3v) is 5.76. The standard InChI is InChI=1S/C17H20BN5O8S2/c1-33(28,29)20-5-6-30-23-13(11-8-32-17(19)21-11)15(24)22-12-7-9-3-2-4-10(16(25)26)14(9)31-18(12)27/h2-4,8,12,20,27H,5-7H2,1H3,(H2,19,21)(H,22,24)(H,25,26)/b23-13-/t12-/m0/s1. The summed E-state index contributed by atoms with van der Waals surface area (Å²) in [6, 6.07) is 4.51. The van der Waals surface area contributed by atoms with Crippen molar-refractivity contribution in [1.82, 2.24) is 15.0 Å². The van der Waals surface area contributed by atoms with Crippen molar-refractivity contribution in [2.45, 2.75) is 12.4 Å². The minimum atomic E-state index is -3.41. The molecule has 1 amide bonds. The average molecular weight is 497 g/mol. The zero-order valence-electron chi connectivity index (χ0n) is 17.2. The number of hydrogen-bond donors (Lipinski definition) is 5. The number of thiazole rings is 1. The minimum Gasteiger partial charge on any atom is -0.534 e. The maximum atomic E-state index is 12.9. The maximum Gasteiger partial charge on any atom is 0.547 e. The molecule has 1 aromatic carbocycles. The molecule has 0 bridgehead atoms. The van der Waals surface area contributed by atoms with E-state index in [1.807, 2.05) is 0 Å². The van der Waals surface area contributed by atoms with Crippen molar-refractivity contribution in [3.63, 3.8) is 0 Å². The fraction of sp³-hybridized carbons (Fsp3) is 0.294. The van der Waals surface area contributed by atoms with Crippen LogP contribution in [-0.4, -0.2) is 73.6 Å². The molecular formula is C17H20BN5O8S2. The lowest BCUT2D eigenvalue weighted by Crippen LogP contribution is -2.54. The molecule has 0 aliphatic carbocycles. The summed E-state index contributed by atoms with van der Waals surface area (Å²) in [7, 11) is -4.94. The molecule has 13 nitrogen and oxygen atoms in total. The van der Waals surface area contributed by atoms with Gasteiger partial charge in [0.1, 0.15) is 18.1 Å². The summed E-state index contributed by atoms with van der Waals surface area (Å²) in [6.45, 7) is -0.238. The van der Waals surface area contributed by atoms with Crippen molar-refractivity contribution in [2.24, 2.45) is 5.16 Å². The number of nitrogens with one attached hydrogen (secondary N) is 2. The Balaban J connectivity index is 1.74. The van der Waals surface area contributed by atoms with E-state index in [-0.39, 0.29) is 47.4 Å². The van der Waals surface area contributed by atoms with Gasteiger partial charge in [-0.3, -0.25) is 4.79 Å². The number of nitrogen functional groups attached to an aromatic ring is 1. The molecule has 2 heterocycles. The first kappa shape index (κ1) is 24.4. The second-order valence-corrected chi connectivity index (χ2v) is 9.62. The van der Waals surface area contributed by atoms with Gasteiger partial charge in [0.05, 0.1) is 17.8 Å². The molecule has 1 aromatic heterocycles. The Labute approximate surface area is 192 Å². The number of carboxylic acid groups (broad SMARTS) is 1. The molecule has 1 aliphatic heterocycles. The van der Waals surface area contributed by atoms with E-state index in [0.29, 0.717) is 5.56 Å². The van der Waals surface area contributed by atoms with E-state index in [1.165, 1.54) is 17.5 Å². The number of carbonyl (C=O) groups excluding carboxylic acids is 1. The summed E-state index contributed by atoms with van der Waals surface area (Å²) in [5.41, 5.74) is 5.89. The molecule has 0 saturated carbocycles. The Morgan fingerprint density at radius 1 is 1.45 bits per heavy atom. The lowest BCUT2D eigenvalue weighted by molar-refractivity contribution is -0.115. The first-order valence-electron chi connectivity index (χ1n) is 9.42. The predicted molar refractivity (Wildman–Crippen MR) is 119 cm³/mol. The smallest absolute Gasteiger partial charge is 0.534 e. The monoisotopic (exact) mass is 497 g/mol. The molecule has 2 aromatic rings. The van der Waals surface area contributed by atoms with Crippen LogP contribution >= 0.6 is 11.3 Å². The molecule has 16 heteroatoms. The zero-order valence-corrected chi connectivity index (χ0v) is 18.9. The number of carboxylic acids is 1. The molecule has 0 radical (unpaired) electrons. The van der Waals surface area contributed by atoms with Crippen molar-refractivity contribution in [3.05, 3.63) is 40.4 Å². The van der Waals surface area contributed by atoms with Gasteiger partial charge in [-0.15, -0.1) is 11.3 Å². The van der Waals surface area contributed by atoms with Gasteiger partial charge in [0.2, 0.25) is 10.0 Å². The molecule has 0 fully saturated rings. The number of hydrogen-bond acceptors (Lipinski definition) is 11. The fourth-order valence-electron chi connectivity index (χ4n) is 2.94. The zero-order chi connectivity index (χ0) is 24.2. The molecule has 1 atom stereocenters. The molecule has 33 heavy (non-hydrogen) atoms. The van der Waals surface area contributed by atoms with Gasteiger partial charge in [-0.2, -0.15) is 0 Å². The predicted octanol–water partition coefficient (Wildman–Crippen LogP) is -1.17. The Kier molecular flexibility index (Phi) is 7.52. The van der Waals surface area contributed by atoms with Gasteiger partial charge in [-0.1, -0.05) is 17.3 Å². The number of sulfonamides is 1. The molecule has 0 spiro atoms.